The van der Waals surface area contributed by atoms with Crippen molar-refractivity contribution >= 4 is 0 Å². The number of hydrogen-bond donors (Lipinski definition) is 4. The molecule has 0 aromatic carbocycles. The van der Waals surface area contributed by atoms with Crippen LogP contribution in [0.3, 0.4) is 0 Å². The van der Waals surface area contributed by atoms with Crippen LogP contribution in [0.1, 0.15) is 78.6 Å². The molecule has 0 aliphatic heterocycles. The smallest absolute Gasteiger partial charge is 0.0637 e. The van der Waals surface area contributed by atoms with E-state index in [0.29, 0.717) is 81.1 Å². The van der Waals surface area contributed by atoms with Crippen molar-refractivity contribution in [2.45, 2.75) is 96.9 Å². The van der Waals surface area contributed by atoms with Gasteiger partial charge in [0, 0.05) is 31.7 Å². The molecule has 11 atom stereocenters. The molecule has 7 N–H and O–H groups in total. The molecule has 4 aliphatic carbocycles. The van der Waals surface area contributed by atoms with Gasteiger partial charge in [-0.05, 0) is 98.7 Å². The van der Waals surface area contributed by atoms with Crippen molar-refractivity contribution in [2.75, 3.05) is 46.1 Å². The molecule has 37 heavy (non-hydrogen) atoms. The van der Waals surface area contributed by atoms with Crippen LogP contribution in [-0.2, 0) is 14.2 Å². The minimum absolute atomic E-state index is 0.111. The van der Waals surface area contributed by atoms with Crippen LogP contribution in [0.2, 0.25) is 0 Å². The van der Waals surface area contributed by atoms with E-state index >= 15 is 0 Å². The molecule has 0 radical (unpaired) electrons. The van der Waals surface area contributed by atoms with Crippen molar-refractivity contribution in [3.05, 3.63) is 0 Å². The van der Waals surface area contributed by atoms with Gasteiger partial charge < -0.3 is 36.5 Å². The largest absolute Gasteiger partial charge is 0.396 e. The van der Waals surface area contributed by atoms with E-state index in [2.05, 4.69) is 20.8 Å². The van der Waals surface area contributed by atoms with Crippen LogP contribution in [0.25, 0.3) is 0 Å². The average Bonchev–Trinajstić information content (AvgIpc) is 3.26. The number of aliphatic hydroxyl groups is 1. The molecule has 7 nitrogen and oxygen atoms in total. The number of fused-ring (bicyclic) bond motifs is 5. The topological polar surface area (TPSA) is 126 Å². The highest BCUT2D eigenvalue weighted by Gasteiger charge is 2.66. The first-order chi connectivity index (χ1) is 17.8. The zero-order chi connectivity index (χ0) is 26.6. The molecule has 4 aliphatic rings. The van der Waals surface area contributed by atoms with Crippen LogP contribution >= 0.6 is 0 Å². The quantitative estimate of drug-likeness (QED) is 0.292. The maximum absolute atomic E-state index is 9.52. The molecular weight excluding hydrogens is 466 g/mol. The second-order valence-electron chi connectivity index (χ2n) is 13.3. The summed E-state index contributed by atoms with van der Waals surface area (Å²) in [4.78, 5) is 0. The van der Waals surface area contributed by atoms with E-state index in [1.54, 1.807) is 0 Å². The molecule has 4 fully saturated rings. The van der Waals surface area contributed by atoms with Crippen molar-refractivity contribution < 1.29 is 19.3 Å². The summed E-state index contributed by atoms with van der Waals surface area (Å²) < 4.78 is 19.6. The average molecular weight is 524 g/mol. The van der Waals surface area contributed by atoms with Gasteiger partial charge in [-0.25, -0.2) is 0 Å². The van der Waals surface area contributed by atoms with Crippen molar-refractivity contribution in [3.63, 3.8) is 0 Å². The monoisotopic (exact) mass is 523 g/mol. The van der Waals surface area contributed by atoms with E-state index in [4.69, 9.17) is 31.4 Å². The number of aliphatic hydroxyl groups excluding tert-OH is 1. The molecule has 5 unspecified atom stereocenters. The molecule has 4 saturated carbocycles. The van der Waals surface area contributed by atoms with Gasteiger partial charge in [0.25, 0.3) is 0 Å². The van der Waals surface area contributed by atoms with Crippen LogP contribution in [0, 0.1) is 46.3 Å². The van der Waals surface area contributed by atoms with E-state index < -0.39 is 0 Å². The molecule has 7 heteroatoms. The first-order valence-electron chi connectivity index (χ1n) is 15.4. The zero-order valence-corrected chi connectivity index (χ0v) is 23.9. The molecule has 0 amide bonds. The Bertz CT molecular complexity index is 712. The van der Waals surface area contributed by atoms with Crippen LogP contribution < -0.4 is 17.2 Å². The highest BCUT2D eigenvalue weighted by molar-refractivity contribution is 5.15. The highest BCUT2D eigenvalue weighted by Crippen LogP contribution is 2.69. The van der Waals surface area contributed by atoms with Gasteiger partial charge in [0.1, 0.15) is 0 Å². The van der Waals surface area contributed by atoms with Crippen LogP contribution in [0.4, 0.5) is 0 Å². The lowest BCUT2D eigenvalue weighted by atomic mass is 9.43. The normalized spacial score (nSPS) is 44.2. The summed E-state index contributed by atoms with van der Waals surface area (Å²) in [5.41, 5.74) is 18.1. The third-order valence-corrected chi connectivity index (χ3v) is 11.6. The zero-order valence-electron chi connectivity index (χ0n) is 23.9. The lowest BCUT2D eigenvalue weighted by Crippen LogP contribution is -2.63. The molecule has 0 heterocycles. The number of rotatable bonds is 13. The summed E-state index contributed by atoms with van der Waals surface area (Å²) in [6, 6.07) is 0. The van der Waals surface area contributed by atoms with Gasteiger partial charge in [-0.15, -0.1) is 0 Å². The maximum atomic E-state index is 9.52. The van der Waals surface area contributed by atoms with Crippen LogP contribution in [0.5, 0.6) is 0 Å². The minimum atomic E-state index is 0.111. The Balaban J connectivity index is 1.66. The van der Waals surface area contributed by atoms with Gasteiger partial charge in [0.15, 0.2) is 0 Å². The van der Waals surface area contributed by atoms with Crippen molar-refractivity contribution in [2.24, 2.45) is 63.5 Å². The maximum Gasteiger partial charge on any atom is 0.0637 e. The predicted octanol–water partition coefficient (Wildman–Crippen LogP) is 3.31. The first kappa shape index (κ1) is 29.7. The summed E-state index contributed by atoms with van der Waals surface area (Å²) in [7, 11) is 0. The summed E-state index contributed by atoms with van der Waals surface area (Å²) in [5.74, 6) is 3.49. The van der Waals surface area contributed by atoms with Crippen LogP contribution in [-0.4, -0.2) is 69.5 Å². The number of ether oxygens (including phenoxy) is 3. The fourth-order valence-electron chi connectivity index (χ4n) is 9.92. The van der Waals surface area contributed by atoms with Crippen LogP contribution in [0.15, 0.2) is 0 Å². The van der Waals surface area contributed by atoms with E-state index in [1.165, 1.54) is 19.3 Å². The number of hydrogen-bond acceptors (Lipinski definition) is 7. The fourth-order valence-corrected chi connectivity index (χ4v) is 9.92. The standard InChI is InChI=1S/C30H57N3O4/c1-20(5-4-13-34)23-6-7-24-28-25(19-27(30(23,24)3)37-16-12-33)29(2)9-8-22(35-14-10-31)17-21(29)18-26(28)36-15-11-32/h20-28,34H,4-19,31-33H2,1-3H3/t20-,21?,22-,23?,24+,25+,26-,27+,28?,29?,30?/m1/s1. The van der Waals surface area contributed by atoms with Gasteiger partial charge in [0.2, 0.25) is 0 Å². The first-order valence-corrected chi connectivity index (χ1v) is 15.4. The van der Waals surface area contributed by atoms with Crippen molar-refractivity contribution in [1.29, 1.82) is 0 Å². The van der Waals surface area contributed by atoms with Gasteiger partial charge in [-0.3, -0.25) is 0 Å². The second kappa shape index (κ2) is 12.9. The molecule has 0 bridgehead atoms. The summed E-state index contributed by atoms with van der Waals surface area (Å²) in [5, 5.41) is 9.52. The summed E-state index contributed by atoms with van der Waals surface area (Å²) in [6.45, 7) is 11.4. The Labute approximate surface area is 225 Å². The molecule has 0 saturated heterocycles. The van der Waals surface area contributed by atoms with Gasteiger partial charge in [-0.1, -0.05) is 20.8 Å². The third kappa shape index (κ3) is 5.66. The molecule has 216 valence electrons. The Morgan fingerprint density at radius 1 is 0.865 bits per heavy atom. The van der Waals surface area contributed by atoms with E-state index in [9.17, 15) is 5.11 Å². The van der Waals surface area contributed by atoms with E-state index in [-0.39, 0.29) is 29.6 Å². The van der Waals surface area contributed by atoms with Gasteiger partial charge in [-0.2, -0.15) is 0 Å². The summed E-state index contributed by atoms with van der Waals surface area (Å²) >= 11 is 0. The summed E-state index contributed by atoms with van der Waals surface area (Å²) in [6.07, 6.45) is 10.9. The lowest BCUT2D eigenvalue weighted by Gasteiger charge is -2.64. The second-order valence-corrected chi connectivity index (χ2v) is 13.3. The van der Waals surface area contributed by atoms with Crippen molar-refractivity contribution in [3.8, 4) is 0 Å². The lowest BCUT2D eigenvalue weighted by molar-refractivity contribution is -0.226. The molecule has 4 rings (SSSR count). The molecule has 0 aromatic heterocycles. The Morgan fingerprint density at radius 3 is 2.27 bits per heavy atom. The minimum Gasteiger partial charge on any atom is -0.396 e. The highest BCUT2D eigenvalue weighted by atomic mass is 16.5. The van der Waals surface area contributed by atoms with Crippen molar-refractivity contribution in [1.82, 2.24) is 0 Å². The van der Waals surface area contributed by atoms with Gasteiger partial charge in [0.05, 0.1) is 38.1 Å². The molecule has 0 aromatic rings. The van der Waals surface area contributed by atoms with E-state index in [1.807, 2.05) is 0 Å². The molecular formula is C30H57N3O4. The van der Waals surface area contributed by atoms with Gasteiger partial charge >= 0.3 is 0 Å². The van der Waals surface area contributed by atoms with E-state index in [0.717, 1.165) is 38.5 Å². The molecule has 0 spiro atoms. The Morgan fingerprint density at radius 2 is 1.57 bits per heavy atom. The third-order valence-electron chi connectivity index (χ3n) is 11.6. The SMILES string of the molecule is C[C@H](CCCO)C1CC[C@H]2C3[C@H](OCCN)CC4C[C@H](OCCN)CCC4(C)[C@H]3C[C@H](OCCN)C12C. The number of nitrogens with two attached hydrogens (primary N) is 3. The Kier molecular flexibility index (Phi) is 10.4. The predicted molar refractivity (Wildman–Crippen MR) is 148 cm³/mol. The Hall–Kier alpha value is -0.280. The fraction of sp³-hybridized carbons (Fsp3) is 1.00.